The normalized spacial score (nSPS) is 34.5. The van der Waals surface area contributed by atoms with Gasteiger partial charge in [0.2, 0.25) is 5.72 Å². The van der Waals surface area contributed by atoms with E-state index >= 15 is 0 Å². The van der Waals surface area contributed by atoms with Crippen molar-refractivity contribution in [2.75, 3.05) is 6.61 Å². The molecule has 1 unspecified atom stereocenters. The summed E-state index contributed by atoms with van der Waals surface area (Å²) in [4.78, 5) is 25.4. The summed E-state index contributed by atoms with van der Waals surface area (Å²) in [6, 6.07) is 0. The summed E-state index contributed by atoms with van der Waals surface area (Å²) in [6.07, 6.45) is 1.02. The van der Waals surface area contributed by atoms with Gasteiger partial charge in [-0.3, -0.25) is 9.59 Å². The number of rotatable bonds is 2. The molecule has 1 atom stereocenters. The van der Waals surface area contributed by atoms with E-state index in [1.54, 1.807) is 0 Å². The topological polar surface area (TPSA) is 59.1 Å². The van der Waals surface area contributed by atoms with Crippen LogP contribution in [-0.4, -0.2) is 29.8 Å². The smallest absolute Gasteiger partial charge is 0.321 e. The van der Waals surface area contributed by atoms with E-state index in [1.165, 1.54) is 0 Å². The van der Waals surface area contributed by atoms with Crippen LogP contribution < -0.4 is 0 Å². The molecule has 0 aromatic heterocycles. The number of epoxide rings is 1. The Morgan fingerprint density at radius 2 is 2.45 bits per heavy atom. The van der Waals surface area contributed by atoms with E-state index in [9.17, 15) is 9.59 Å². The van der Waals surface area contributed by atoms with Gasteiger partial charge in [-0.25, -0.2) is 0 Å². The van der Waals surface area contributed by atoms with Gasteiger partial charge in [0, 0.05) is 12.8 Å². The second-order valence-electron chi connectivity index (χ2n) is 2.62. The largest absolute Gasteiger partial charge is 0.345 e. The third-order valence-corrected chi connectivity index (χ3v) is 1.95. The number of nitrogens with zero attached hydrogens (tertiary/aromatic N) is 1. The van der Waals surface area contributed by atoms with Crippen LogP contribution in [0.5, 0.6) is 0 Å². The minimum absolute atomic E-state index is 0.186. The molecule has 2 aliphatic heterocycles. The third kappa shape index (κ3) is 0.808. The van der Waals surface area contributed by atoms with Crippen molar-refractivity contribution in [3.05, 3.63) is 0 Å². The summed E-state index contributed by atoms with van der Waals surface area (Å²) in [5, 5.41) is 1.03. The summed E-state index contributed by atoms with van der Waals surface area (Å²) in [7, 11) is 0. The molecular formula is C6H7NO4. The lowest BCUT2D eigenvalue weighted by atomic mass is 10.2. The van der Waals surface area contributed by atoms with Crippen LogP contribution in [0.15, 0.2) is 0 Å². The zero-order chi connectivity index (χ0) is 7.90. The number of hydrogen-bond donors (Lipinski definition) is 0. The zero-order valence-electron chi connectivity index (χ0n) is 5.78. The molecule has 0 saturated carbocycles. The highest BCUT2D eigenvalue weighted by molar-refractivity contribution is 5.79. The first-order chi connectivity index (χ1) is 5.28. The Hall–Kier alpha value is -1.10. The Bertz CT molecular complexity index is 211. The summed E-state index contributed by atoms with van der Waals surface area (Å²) in [5.74, 6) is -0.186. The van der Waals surface area contributed by atoms with Crippen molar-refractivity contribution in [3.8, 4) is 0 Å². The quantitative estimate of drug-likeness (QED) is 0.397. The van der Waals surface area contributed by atoms with Crippen LogP contribution in [0.2, 0.25) is 0 Å². The molecule has 0 aromatic rings. The van der Waals surface area contributed by atoms with Gasteiger partial charge in [0.05, 0.1) is 0 Å². The number of ether oxygens (including phenoxy) is 1. The van der Waals surface area contributed by atoms with Crippen LogP contribution in [0.3, 0.4) is 0 Å². The van der Waals surface area contributed by atoms with Gasteiger partial charge in [0.15, 0.2) is 0 Å². The van der Waals surface area contributed by atoms with E-state index in [0.29, 0.717) is 19.4 Å². The molecule has 60 valence electrons. The average Bonchev–Trinajstić information content (AvgIpc) is 2.70. The molecule has 1 amide bonds. The fraction of sp³-hybridized carbons (Fsp3) is 0.667. The maximum Gasteiger partial charge on any atom is 0.321 e. The van der Waals surface area contributed by atoms with Gasteiger partial charge in [-0.1, -0.05) is 0 Å². The summed E-state index contributed by atoms with van der Waals surface area (Å²) in [5.41, 5.74) is -0.585. The minimum Gasteiger partial charge on any atom is -0.345 e. The number of carbonyl (C=O) groups is 2. The highest BCUT2D eigenvalue weighted by Crippen LogP contribution is 2.41. The van der Waals surface area contributed by atoms with E-state index in [0.717, 1.165) is 5.06 Å². The Kier molecular flexibility index (Phi) is 1.17. The van der Waals surface area contributed by atoms with Crippen molar-refractivity contribution >= 4 is 12.4 Å². The molecule has 0 aromatic carbocycles. The Morgan fingerprint density at radius 1 is 1.73 bits per heavy atom. The van der Waals surface area contributed by atoms with E-state index in [-0.39, 0.29) is 12.4 Å². The molecule has 0 N–H and O–H groups in total. The maximum absolute atomic E-state index is 11.0. The third-order valence-electron chi connectivity index (χ3n) is 1.95. The van der Waals surface area contributed by atoms with Gasteiger partial charge >= 0.3 is 6.47 Å². The second kappa shape index (κ2) is 1.94. The molecule has 2 rings (SSSR count). The minimum atomic E-state index is -0.585. The van der Waals surface area contributed by atoms with Gasteiger partial charge in [0.1, 0.15) is 6.61 Å². The Morgan fingerprint density at radius 3 is 3.00 bits per heavy atom. The van der Waals surface area contributed by atoms with Crippen LogP contribution in [0.25, 0.3) is 0 Å². The predicted octanol–water partition coefficient (Wildman–Crippen LogP) is -0.577. The van der Waals surface area contributed by atoms with Crippen molar-refractivity contribution in [2.24, 2.45) is 0 Å². The van der Waals surface area contributed by atoms with Crippen LogP contribution >= 0.6 is 0 Å². The van der Waals surface area contributed by atoms with Crippen molar-refractivity contribution < 1.29 is 19.2 Å². The van der Waals surface area contributed by atoms with Gasteiger partial charge in [-0.2, -0.15) is 0 Å². The molecule has 0 radical (unpaired) electrons. The number of hydroxylamine groups is 2. The molecule has 2 saturated heterocycles. The zero-order valence-corrected chi connectivity index (χ0v) is 5.78. The Balaban J connectivity index is 2.13. The standard InChI is InChI=1S/C6H7NO4/c8-4-11-7-5(9)1-2-6(7)3-10-6/h4H,1-3H2. The lowest BCUT2D eigenvalue weighted by Crippen LogP contribution is -2.35. The average molecular weight is 157 g/mol. The van der Waals surface area contributed by atoms with E-state index < -0.39 is 5.72 Å². The molecule has 2 fully saturated rings. The highest BCUT2D eigenvalue weighted by Gasteiger charge is 2.58. The summed E-state index contributed by atoms with van der Waals surface area (Å²) in [6.45, 7) is 0.721. The fourth-order valence-electron chi connectivity index (χ4n) is 1.28. The SMILES string of the molecule is O=CON1C(=O)CCC12CO2. The lowest BCUT2D eigenvalue weighted by Gasteiger charge is -2.16. The van der Waals surface area contributed by atoms with Crippen LogP contribution in [0.4, 0.5) is 0 Å². The fourth-order valence-corrected chi connectivity index (χ4v) is 1.28. The number of amides is 1. The second-order valence-corrected chi connectivity index (χ2v) is 2.62. The van der Waals surface area contributed by atoms with E-state index in [4.69, 9.17) is 4.74 Å². The molecule has 1 spiro atoms. The van der Waals surface area contributed by atoms with Gasteiger partial charge in [-0.05, 0) is 0 Å². The van der Waals surface area contributed by atoms with Crippen molar-refractivity contribution in [2.45, 2.75) is 18.6 Å². The lowest BCUT2D eigenvalue weighted by molar-refractivity contribution is -0.200. The van der Waals surface area contributed by atoms with Crippen LogP contribution in [0.1, 0.15) is 12.8 Å². The maximum atomic E-state index is 11.0. The molecule has 0 aliphatic carbocycles. The van der Waals surface area contributed by atoms with Gasteiger partial charge in [0.25, 0.3) is 5.91 Å². The molecule has 5 nitrogen and oxygen atoms in total. The molecule has 11 heavy (non-hydrogen) atoms. The van der Waals surface area contributed by atoms with Gasteiger partial charge in [-0.15, -0.1) is 5.06 Å². The highest BCUT2D eigenvalue weighted by atomic mass is 16.8. The molecular weight excluding hydrogens is 150 g/mol. The van der Waals surface area contributed by atoms with E-state index in [2.05, 4.69) is 4.84 Å². The molecule has 2 heterocycles. The summed E-state index contributed by atoms with van der Waals surface area (Å²) >= 11 is 0. The number of carbonyl (C=O) groups excluding carboxylic acids is 2. The van der Waals surface area contributed by atoms with Crippen LogP contribution in [-0.2, 0) is 19.2 Å². The van der Waals surface area contributed by atoms with E-state index in [1.807, 2.05) is 0 Å². The first kappa shape index (κ1) is 6.60. The molecule has 0 bridgehead atoms. The van der Waals surface area contributed by atoms with Crippen molar-refractivity contribution in [3.63, 3.8) is 0 Å². The first-order valence-electron chi connectivity index (χ1n) is 3.36. The Labute approximate surface area is 62.8 Å². The van der Waals surface area contributed by atoms with Gasteiger partial charge < -0.3 is 9.57 Å². The number of hydrogen-bond acceptors (Lipinski definition) is 4. The monoisotopic (exact) mass is 157 g/mol. The van der Waals surface area contributed by atoms with Crippen LogP contribution in [0, 0.1) is 0 Å². The first-order valence-corrected chi connectivity index (χ1v) is 3.36. The predicted molar refractivity (Wildman–Crippen MR) is 31.9 cm³/mol. The van der Waals surface area contributed by atoms with Crippen molar-refractivity contribution in [1.82, 2.24) is 5.06 Å². The summed E-state index contributed by atoms with van der Waals surface area (Å²) < 4.78 is 5.01. The molecule has 2 aliphatic rings. The van der Waals surface area contributed by atoms with Crippen molar-refractivity contribution in [1.29, 1.82) is 0 Å². The molecule has 5 heteroatoms.